The molecule has 19 heavy (non-hydrogen) atoms. The Hall–Kier alpha value is -1.45. The van der Waals surface area contributed by atoms with Crippen molar-refractivity contribution < 1.29 is 4.79 Å². The lowest BCUT2D eigenvalue weighted by molar-refractivity contribution is 0.0938. The summed E-state index contributed by atoms with van der Waals surface area (Å²) in [5.41, 5.74) is 1.55. The topological polar surface area (TPSA) is 54.9 Å². The number of hydrogen-bond donors (Lipinski definition) is 1. The number of hydrogen-bond acceptors (Lipinski definition) is 3. The van der Waals surface area contributed by atoms with Gasteiger partial charge in [0.2, 0.25) is 0 Å². The summed E-state index contributed by atoms with van der Waals surface area (Å²) >= 11 is 0. The molecule has 0 aromatic carbocycles. The minimum Gasteiger partial charge on any atom is -0.350 e. The van der Waals surface area contributed by atoms with Gasteiger partial charge in [-0.05, 0) is 37.7 Å². The van der Waals surface area contributed by atoms with E-state index in [0.717, 1.165) is 12.2 Å². The lowest BCUT2D eigenvalue weighted by atomic mass is 9.89. The number of carbonyl (C=O) groups is 1. The zero-order valence-electron chi connectivity index (χ0n) is 11.3. The SMILES string of the molecule is O=C(NCC1CCCCC1)c1cc(C2CC2)ncn1. The van der Waals surface area contributed by atoms with Gasteiger partial charge in [0.1, 0.15) is 12.0 Å². The third-order valence-electron chi connectivity index (χ3n) is 4.19. The van der Waals surface area contributed by atoms with Gasteiger partial charge in [-0.2, -0.15) is 0 Å². The molecule has 0 unspecified atom stereocenters. The molecule has 0 aliphatic heterocycles. The van der Waals surface area contributed by atoms with Crippen LogP contribution in [0.25, 0.3) is 0 Å². The quantitative estimate of drug-likeness (QED) is 0.904. The Morgan fingerprint density at radius 2 is 1.95 bits per heavy atom. The van der Waals surface area contributed by atoms with Gasteiger partial charge in [0.25, 0.3) is 5.91 Å². The third-order valence-corrected chi connectivity index (χ3v) is 4.19. The van der Waals surface area contributed by atoms with Crippen molar-refractivity contribution in [2.75, 3.05) is 6.54 Å². The zero-order valence-corrected chi connectivity index (χ0v) is 11.3. The minimum absolute atomic E-state index is 0.0464. The summed E-state index contributed by atoms with van der Waals surface area (Å²) in [6.07, 6.45) is 10.4. The van der Waals surface area contributed by atoms with Crippen molar-refractivity contribution in [2.24, 2.45) is 5.92 Å². The molecule has 2 saturated carbocycles. The highest BCUT2D eigenvalue weighted by atomic mass is 16.1. The first-order valence-electron chi connectivity index (χ1n) is 7.43. The molecule has 1 aromatic heterocycles. The zero-order chi connectivity index (χ0) is 13.1. The Bertz CT molecular complexity index is 450. The fourth-order valence-electron chi connectivity index (χ4n) is 2.82. The molecule has 102 valence electrons. The lowest BCUT2D eigenvalue weighted by Crippen LogP contribution is -2.30. The second-order valence-corrected chi connectivity index (χ2v) is 5.82. The molecule has 2 aliphatic carbocycles. The van der Waals surface area contributed by atoms with E-state index in [0.29, 0.717) is 17.5 Å². The van der Waals surface area contributed by atoms with Crippen LogP contribution in [0.4, 0.5) is 0 Å². The van der Waals surface area contributed by atoms with E-state index in [9.17, 15) is 4.79 Å². The van der Waals surface area contributed by atoms with Crippen LogP contribution in [0.2, 0.25) is 0 Å². The van der Waals surface area contributed by atoms with E-state index < -0.39 is 0 Å². The Balaban J connectivity index is 1.55. The first kappa shape index (κ1) is 12.6. The molecule has 1 amide bonds. The average molecular weight is 259 g/mol. The van der Waals surface area contributed by atoms with Gasteiger partial charge in [0.05, 0.1) is 0 Å². The first-order valence-corrected chi connectivity index (χ1v) is 7.43. The molecule has 1 N–H and O–H groups in total. The highest BCUT2D eigenvalue weighted by molar-refractivity contribution is 5.92. The molecule has 0 atom stereocenters. The fraction of sp³-hybridized carbons (Fsp3) is 0.667. The summed E-state index contributed by atoms with van der Waals surface area (Å²) in [6.45, 7) is 0.793. The van der Waals surface area contributed by atoms with Crippen LogP contribution in [-0.4, -0.2) is 22.4 Å². The van der Waals surface area contributed by atoms with Crippen molar-refractivity contribution in [3.63, 3.8) is 0 Å². The Morgan fingerprint density at radius 3 is 2.68 bits per heavy atom. The van der Waals surface area contributed by atoms with Crippen LogP contribution >= 0.6 is 0 Å². The largest absolute Gasteiger partial charge is 0.350 e. The number of aromatic nitrogens is 2. The second-order valence-electron chi connectivity index (χ2n) is 5.82. The van der Waals surface area contributed by atoms with E-state index in [1.54, 1.807) is 0 Å². The minimum atomic E-state index is -0.0464. The molecule has 0 saturated heterocycles. The van der Waals surface area contributed by atoms with Gasteiger partial charge in [0.15, 0.2) is 0 Å². The fourth-order valence-corrected chi connectivity index (χ4v) is 2.82. The van der Waals surface area contributed by atoms with Gasteiger partial charge in [-0.25, -0.2) is 9.97 Å². The van der Waals surface area contributed by atoms with Crippen molar-refractivity contribution in [1.82, 2.24) is 15.3 Å². The maximum atomic E-state index is 12.1. The molecular formula is C15H21N3O. The van der Waals surface area contributed by atoms with Gasteiger partial charge in [-0.15, -0.1) is 0 Å². The summed E-state index contributed by atoms with van der Waals surface area (Å²) < 4.78 is 0. The summed E-state index contributed by atoms with van der Waals surface area (Å²) in [7, 11) is 0. The monoisotopic (exact) mass is 259 g/mol. The van der Waals surface area contributed by atoms with Crippen LogP contribution in [-0.2, 0) is 0 Å². The summed E-state index contributed by atoms with van der Waals surface area (Å²) in [4.78, 5) is 20.4. The summed E-state index contributed by atoms with van der Waals surface area (Å²) in [6, 6.07) is 1.86. The maximum absolute atomic E-state index is 12.1. The smallest absolute Gasteiger partial charge is 0.270 e. The van der Waals surface area contributed by atoms with Crippen molar-refractivity contribution in [3.05, 3.63) is 23.8 Å². The summed E-state index contributed by atoms with van der Waals surface area (Å²) in [5, 5.41) is 3.03. The predicted molar refractivity (Wildman–Crippen MR) is 72.9 cm³/mol. The predicted octanol–water partition coefficient (Wildman–Crippen LogP) is 2.66. The van der Waals surface area contributed by atoms with Crippen molar-refractivity contribution in [3.8, 4) is 0 Å². The lowest BCUT2D eigenvalue weighted by Gasteiger charge is -2.21. The summed E-state index contributed by atoms with van der Waals surface area (Å²) in [5.74, 6) is 1.17. The molecule has 4 nitrogen and oxygen atoms in total. The standard InChI is InChI=1S/C15H21N3O/c19-15(16-9-11-4-2-1-3-5-11)14-8-13(12-6-7-12)17-10-18-14/h8,10-12H,1-7,9H2,(H,16,19). The number of rotatable bonds is 4. The highest BCUT2D eigenvalue weighted by Gasteiger charge is 2.26. The Morgan fingerprint density at radius 1 is 1.16 bits per heavy atom. The number of nitrogens with one attached hydrogen (secondary N) is 1. The molecule has 0 spiro atoms. The van der Waals surface area contributed by atoms with Crippen LogP contribution in [0.1, 0.15) is 67.0 Å². The second kappa shape index (κ2) is 5.68. The molecule has 1 heterocycles. The Labute approximate surface area is 114 Å². The molecule has 4 heteroatoms. The molecule has 3 rings (SSSR count). The molecule has 2 aliphatic rings. The van der Waals surface area contributed by atoms with Crippen LogP contribution in [0.15, 0.2) is 12.4 Å². The van der Waals surface area contributed by atoms with Gasteiger partial charge in [-0.1, -0.05) is 19.3 Å². The van der Waals surface area contributed by atoms with Gasteiger partial charge < -0.3 is 5.32 Å². The third kappa shape index (κ3) is 3.31. The van der Waals surface area contributed by atoms with E-state index in [2.05, 4.69) is 15.3 Å². The van der Waals surface area contributed by atoms with E-state index in [-0.39, 0.29) is 5.91 Å². The van der Waals surface area contributed by atoms with Gasteiger partial charge in [-0.3, -0.25) is 4.79 Å². The molecule has 1 aromatic rings. The van der Waals surface area contributed by atoms with Crippen LogP contribution < -0.4 is 5.32 Å². The van der Waals surface area contributed by atoms with Gasteiger partial charge >= 0.3 is 0 Å². The molecule has 0 bridgehead atoms. The van der Waals surface area contributed by atoms with Crippen LogP contribution in [0.5, 0.6) is 0 Å². The van der Waals surface area contributed by atoms with Crippen molar-refractivity contribution in [2.45, 2.75) is 50.9 Å². The van der Waals surface area contributed by atoms with E-state index in [4.69, 9.17) is 0 Å². The average Bonchev–Trinajstić information content (AvgIpc) is 3.31. The number of carbonyl (C=O) groups excluding carboxylic acids is 1. The van der Waals surface area contributed by atoms with Crippen molar-refractivity contribution in [1.29, 1.82) is 0 Å². The number of amides is 1. The first-order chi connectivity index (χ1) is 9.33. The van der Waals surface area contributed by atoms with Crippen LogP contribution in [0.3, 0.4) is 0 Å². The molecule has 2 fully saturated rings. The van der Waals surface area contributed by atoms with E-state index in [1.165, 1.54) is 51.3 Å². The van der Waals surface area contributed by atoms with E-state index >= 15 is 0 Å². The highest BCUT2D eigenvalue weighted by Crippen LogP contribution is 2.38. The molecular weight excluding hydrogens is 238 g/mol. The van der Waals surface area contributed by atoms with Crippen molar-refractivity contribution >= 4 is 5.91 Å². The normalized spacial score (nSPS) is 20.2. The number of nitrogens with zero attached hydrogens (tertiary/aromatic N) is 2. The molecule has 0 radical (unpaired) electrons. The van der Waals surface area contributed by atoms with Gasteiger partial charge in [0, 0.05) is 18.2 Å². The maximum Gasteiger partial charge on any atom is 0.270 e. The van der Waals surface area contributed by atoms with Crippen LogP contribution in [0, 0.1) is 5.92 Å². The van der Waals surface area contributed by atoms with E-state index in [1.807, 2.05) is 6.07 Å². The Kier molecular flexibility index (Phi) is 3.76.